The molecule has 0 aliphatic heterocycles. The van der Waals surface area contributed by atoms with E-state index in [9.17, 15) is 4.39 Å². The van der Waals surface area contributed by atoms with Crippen molar-refractivity contribution in [1.82, 2.24) is 9.97 Å². The number of fused-ring (bicyclic) bond motifs is 1. The number of aryl methyl sites for hydroxylation is 1. The fraction of sp³-hybridized carbons (Fsp3) is 0.176. The van der Waals surface area contributed by atoms with E-state index in [1.807, 2.05) is 26.0 Å². The highest BCUT2D eigenvalue weighted by Gasteiger charge is 2.09. The summed E-state index contributed by atoms with van der Waals surface area (Å²) < 4.78 is 13.0. The summed E-state index contributed by atoms with van der Waals surface area (Å²) in [5.41, 5.74) is 3.08. The minimum absolute atomic E-state index is 0.0317. The van der Waals surface area contributed by atoms with Crippen LogP contribution in [0, 0.1) is 12.7 Å². The first-order valence-electron chi connectivity index (χ1n) is 6.87. The first-order chi connectivity index (χ1) is 10.1. The van der Waals surface area contributed by atoms with Crippen molar-refractivity contribution in [3.05, 3.63) is 65.7 Å². The average Bonchev–Trinajstić information content (AvgIpc) is 2.48. The predicted octanol–water partition coefficient (Wildman–Crippen LogP) is 4.25. The van der Waals surface area contributed by atoms with Gasteiger partial charge in [0.2, 0.25) is 0 Å². The van der Waals surface area contributed by atoms with Crippen LogP contribution in [0.3, 0.4) is 0 Å². The zero-order chi connectivity index (χ0) is 14.8. The van der Waals surface area contributed by atoms with Crippen molar-refractivity contribution in [3.8, 4) is 0 Å². The monoisotopic (exact) mass is 281 g/mol. The summed E-state index contributed by atoms with van der Waals surface area (Å²) in [5, 5.41) is 4.37. The molecule has 1 N–H and O–H groups in total. The van der Waals surface area contributed by atoms with Crippen LogP contribution in [0.5, 0.6) is 0 Å². The highest BCUT2D eigenvalue weighted by atomic mass is 19.1. The molecule has 1 heterocycles. The van der Waals surface area contributed by atoms with Gasteiger partial charge in [0, 0.05) is 11.4 Å². The normalized spacial score (nSPS) is 12.3. The van der Waals surface area contributed by atoms with Gasteiger partial charge in [-0.05, 0) is 43.7 Å². The lowest BCUT2D eigenvalue weighted by Gasteiger charge is -2.16. The van der Waals surface area contributed by atoms with Gasteiger partial charge in [-0.2, -0.15) is 0 Å². The van der Waals surface area contributed by atoms with Crippen molar-refractivity contribution in [2.24, 2.45) is 0 Å². The quantitative estimate of drug-likeness (QED) is 0.780. The summed E-state index contributed by atoms with van der Waals surface area (Å²) in [7, 11) is 0. The number of halogens is 1. The van der Waals surface area contributed by atoms with Crippen LogP contribution in [0.2, 0.25) is 0 Å². The minimum atomic E-state index is -0.228. The molecule has 0 bridgehead atoms. The molecule has 0 amide bonds. The van der Waals surface area contributed by atoms with Crippen molar-refractivity contribution in [2.75, 3.05) is 5.32 Å². The van der Waals surface area contributed by atoms with Crippen LogP contribution in [-0.4, -0.2) is 9.97 Å². The number of hydrogen-bond donors (Lipinski definition) is 1. The fourth-order valence-electron chi connectivity index (χ4n) is 2.33. The van der Waals surface area contributed by atoms with Crippen LogP contribution in [0.15, 0.2) is 48.8 Å². The highest BCUT2D eigenvalue weighted by molar-refractivity contribution is 5.89. The summed E-state index contributed by atoms with van der Waals surface area (Å²) in [6.07, 6.45) is 1.55. The predicted molar refractivity (Wildman–Crippen MR) is 82.7 cm³/mol. The minimum Gasteiger partial charge on any atom is -0.363 e. The molecule has 21 heavy (non-hydrogen) atoms. The SMILES string of the molecule is Cc1ccc2ncnc(N[C@H](C)c3ccc(F)cc3)c2c1. The average molecular weight is 281 g/mol. The molecule has 0 spiro atoms. The number of nitrogens with one attached hydrogen (secondary N) is 1. The molecule has 3 nitrogen and oxygen atoms in total. The van der Waals surface area contributed by atoms with E-state index in [1.165, 1.54) is 12.1 Å². The van der Waals surface area contributed by atoms with Crippen LogP contribution < -0.4 is 5.32 Å². The van der Waals surface area contributed by atoms with Crippen LogP contribution in [0.25, 0.3) is 10.9 Å². The Morgan fingerprint density at radius 1 is 1.05 bits per heavy atom. The molecule has 0 radical (unpaired) electrons. The van der Waals surface area contributed by atoms with Gasteiger partial charge in [-0.25, -0.2) is 14.4 Å². The molecule has 1 aromatic heterocycles. The van der Waals surface area contributed by atoms with Gasteiger partial charge in [0.05, 0.1) is 5.52 Å². The molecule has 3 aromatic rings. The molecular weight excluding hydrogens is 265 g/mol. The van der Waals surface area contributed by atoms with Gasteiger partial charge in [0.25, 0.3) is 0 Å². The molecule has 2 aromatic carbocycles. The first-order valence-corrected chi connectivity index (χ1v) is 6.87. The van der Waals surface area contributed by atoms with Gasteiger partial charge in [0.1, 0.15) is 18.0 Å². The van der Waals surface area contributed by atoms with Crippen LogP contribution in [-0.2, 0) is 0 Å². The maximum absolute atomic E-state index is 13.0. The van der Waals surface area contributed by atoms with Crippen LogP contribution in [0.1, 0.15) is 24.1 Å². The second-order valence-electron chi connectivity index (χ2n) is 5.16. The Morgan fingerprint density at radius 3 is 2.57 bits per heavy atom. The number of aromatic nitrogens is 2. The van der Waals surface area contributed by atoms with Gasteiger partial charge < -0.3 is 5.32 Å². The first kappa shape index (κ1) is 13.5. The molecule has 0 saturated heterocycles. The molecule has 0 saturated carbocycles. The van der Waals surface area contributed by atoms with Gasteiger partial charge in [-0.15, -0.1) is 0 Å². The van der Waals surface area contributed by atoms with E-state index in [4.69, 9.17) is 0 Å². The summed E-state index contributed by atoms with van der Waals surface area (Å²) in [6, 6.07) is 12.6. The van der Waals surface area contributed by atoms with E-state index < -0.39 is 0 Å². The molecule has 1 atom stereocenters. The Hall–Kier alpha value is -2.49. The zero-order valence-electron chi connectivity index (χ0n) is 12.0. The lowest BCUT2D eigenvalue weighted by Crippen LogP contribution is -2.08. The molecular formula is C17H16FN3. The zero-order valence-corrected chi connectivity index (χ0v) is 12.0. The van der Waals surface area contributed by atoms with Crippen LogP contribution in [0.4, 0.5) is 10.2 Å². The standard InChI is InChI=1S/C17H16FN3/c1-11-3-8-16-15(9-11)17(20-10-19-16)21-12(2)13-4-6-14(18)7-5-13/h3-10,12H,1-2H3,(H,19,20,21)/t12-/m1/s1. The van der Waals surface area contributed by atoms with E-state index >= 15 is 0 Å². The molecule has 0 aliphatic carbocycles. The lowest BCUT2D eigenvalue weighted by molar-refractivity contribution is 0.626. The number of anilines is 1. The fourth-order valence-corrected chi connectivity index (χ4v) is 2.33. The van der Waals surface area contributed by atoms with Gasteiger partial charge >= 0.3 is 0 Å². The third-order valence-corrected chi connectivity index (χ3v) is 3.51. The highest BCUT2D eigenvalue weighted by Crippen LogP contribution is 2.24. The van der Waals surface area contributed by atoms with E-state index in [2.05, 4.69) is 21.4 Å². The Kier molecular flexibility index (Phi) is 3.52. The number of hydrogen-bond acceptors (Lipinski definition) is 3. The van der Waals surface area contributed by atoms with Crippen LogP contribution >= 0.6 is 0 Å². The molecule has 3 rings (SSSR count). The largest absolute Gasteiger partial charge is 0.363 e. The van der Waals surface area contributed by atoms with Crippen molar-refractivity contribution in [1.29, 1.82) is 0 Å². The van der Waals surface area contributed by atoms with E-state index in [-0.39, 0.29) is 11.9 Å². The summed E-state index contributed by atoms with van der Waals surface area (Å²) in [5.74, 6) is 0.564. The Balaban J connectivity index is 1.94. The van der Waals surface area contributed by atoms with E-state index in [0.29, 0.717) is 0 Å². The smallest absolute Gasteiger partial charge is 0.137 e. The molecule has 0 unspecified atom stereocenters. The van der Waals surface area contributed by atoms with Crippen molar-refractivity contribution < 1.29 is 4.39 Å². The number of nitrogens with zero attached hydrogens (tertiary/aromatic N) is 2. The van der Waals surface area contributed by atoms with Crippen molar-refractivity contribution in [2.45, 2.75) is 19.9 Å². The Labute approximate surface area is 122 Å². The number of benzene rings is 2. The molecule has 4 heteroatoms. The molecule has 106 valence electrons. The van der Waals surface area contributed by atoms with E-state index in [0.717, 1.165) is 27.8 Å². The topological polar surface area (TPSA) is 37.8 Å². The lowest BCUT2D eigenvalue weighted by atomic mass is 10.1. The summed E-state index contributed by atoms with van der Waals surface area (Å²) in [4.78, 5) is 8.61. The summed E-state index contributed by atoms with van der Waals surface area (Å²) in [6.45, 7) is 4.07. The maximum Gasteiger partial charge on any atom is 0.137 e. The third kappa shape index (κ3) is 2.84. The molecule has 0 aliphatic rings. The van der Waals surface area contributed by atoms with Crippen molar-refractivity contribution in [3.63, 3.8) is 0 Å². The van der Waals surface area contributed by atoms with Gasteiger partial charge in [-0.3, -0.25) is 0 Å². The third-order valence-electron chi connectivity index (χ3n) is 3.51. The van der Waals surface area contributed by atoms with E-state index in [1.54, 1.807) is 18.5 Å². The van der Waals surface area contributed by atoms with Crippen molar-refractivity contribution >= 4 is 16.7 Å². The molecule has 0 fully saturated rings. The Morgan fingerprint density at radius 2 is 1.81 bits per heavy atom. The Bertz CT molecular complexity index is 769. The van der Waals surface area contributed by atoms with Gasteiger partial charge in [-0.1, -0.05) is 23.8 Å². The maximum atomic E-state index is 13.0. The summed E-state index contributed by atoms with van der Waals surface area (Å²) >= 11 is 0. The number of rotatable bonds is 3. The second kappa shape index (κ2) is 5.48. The van der Waals surface area contributed by atoms with Gasteiger partial charge in [0.15, 0.2) is 0 Å². The second-order valence-corrected chi connectivity index (χ2v) is 5.16.